The molecule has 0 N–H and O–H groups in total. The van der Waals surface area contributed by atoms with Crippen LogP contribution in [0.15, 0.2) is 22.7 Å². The standard InChI is InChI=1S/C11H11BrFNO2/c12-9-2-1-8(10(13)5-9)6-14-3-4-16-11(14)7-15/h1-2,5,7,11H,3-4,6H2. The summed E-state index contributed by atoms with van der Waals surface area (Å²) in [4.78, 5) is 12.5. The predicted octanol–water partition coefficient (Wildman–Crippen LogP) is 1.95. The molecule has 1 aliphatic heterocycles. The van der Waals surface area contributed by atoms with Gasteiger partial charge in [-0.2, -0.15) is 0 Å². The molecule has 1 atom stereocenters. The van der Waals surface area contributed by atoms with Crippen molar-refractivity contribution in [2.75, 3.05) is 13.2 Å². The average molecular weight is 288 g/mol. The fourth-order valence-corrected chi connectivity index (χ4v) is 2.02. The fourth-order valence-electron chi connectivity index (χ4n) is 1.69. The Kier molecular flexibility index (Phi) is 3.68. The zero-order valence-electron chi connectivity index (χ0n) is 8.53. The van der Waals surface area contributed by atoms with Gasteiger partial charge in [0.1, 0.15) is 5.82 Å². The number of carbonyl (C=O) groups is 1. The van der Waals surface area contributed by atoms with E-state index in [1.165, 1.54) is 6.07 Å². The molecule has 0 spiro atoms. The summed E-state index contributed by atoms with van der Waals surface area (Å²) < 4.78 is 19.4. The first-order valence-corrected chi connectivity index (χ1v) is 5.75. The van der Waals surface area contributed by atoms with Crippen LogP contribution in [-0.2, 0) is 16.1 Å². The predicted molar refractivity (Wildman–Crippen MR) is 60.3 cm³/mol. The maximum atomic E-state index is 13.5. The third kappa shape index (κ3) is 2.48. The van der Waals surface area contributed by atoms with Gasteiger partial charge in [-0.05, 0) is 12.1 Å². The van der Waals surface area contributed by atoms with Gasteiger partial charge in [0, 0.05) is 23.1 Å². The summed E-state index contributed by atoms with van der Waals surface area (Å²) in [5, 5.41) is 0. The molecule has 0 aromatic heterocycles. The smallest absolute Gasteiger partial charge is 0.167 e. The highest BCUT2D eigenvalue weighted by atomic mass is 79.9. The minimum absolute atomic E-state index is 0.272. The van der Waals surface area contributed by atoms with E-state index >= 15 is 0 Å². The number of aldehydes is 1. The summed E-state index contributed by atoms with van der Waals surface area (Å²) in [5.74, 6) is -0.272. The van der Waals surface area contributed by atoms with E-state index in [1.54, 1.807) is 17.0 Å². The quantitative estimate of drug-likeness (QED) is 0.796. The van der Waals surface area contributed by atoms with E-state index in [0.717, 1.165) is 6.29 Å². The Morgan fingerprint density at radius 3 is 3.12 bits per heavy atom. The Bertz CT molecular complexity index is 400. The van der Waals surface area contributed by atoms with Gasteiger partial charge in [0.05, 0.1) is 6.61 Å². The van der Waals surface area contributed by atoms with Gasteiger partial charge in [0.2, 0.25) is 0 Å². The molecule has 5 heteroatoms. The molecule has 1 unspecified atom stereocenters. The Hall–Kier alpha value is -0.780. The summed E-state index contributed by atoms with van der Waals surface area (Å²) in [6, 6.07) is 4.91. The molecule has 2 rings (SSSR count). The fraction of sp³-hybridized carbons (Fsp3) is 0.364. The van der Waals surface area contributed by atoms with Crippen LogP contribution in [0, 0.1) is 5.82 Å². The summed E-state index contributed by atoms with van der Waals surface area (Å²) in [6.07, 6.45) is 0.201. The molecule has 0 saturated carbocycles. The van der Waals surface area contributed by atoms with Crippen molar-refractivity contribution in [3.63, 3.8) is 0 Å². The van der Waals surface area contributed by atoms with Crippen LogP contribution in [0.2, 0.25) is 0 Å². The molecule has 3 nitrogen and oxygen atoms in total. The lowest BCUT2D eigenvalue weighted by Crippen LogP contribution is -2.31. The molecule has 1 aromatic carbocycles. The molecule has 16 heavy (non-hydrogen) atoms. The molecule has 0 amide bonds. The molecule has 0 bridgehead atoms. The van der Waals surface area contributed by atoms with E-state index in [2.05, 4.69) is 15.9 Å². The number of hydrogen-bond donors (Lipinski definition) is 0. The summed E-state index contributed by atoms with van der Waals surface area (Å²) >= 11 is 3.20. The first-order chi connectivity index (χ1) is 7.70. The van der Waals surface area contributed by atoms with Gasteiger partial charge in [0.25, 0.3) is 0 Å². The van der Waals surface area contributed by atoms with Crippen LogP contribution in [0.25, 0.3) is 0 Å². The Morgan fingerprint density at radius 2 is 2.44 bits per heavy atom. The van der Waals surface area contributed by atoms with Crippen LogP contribution in [0.1, 0.15) is 5.56 Å². The van der Waals surface area contributed by atoms with Crippen molar-refractivity contribution in [2.24, 2.45) is 0 Å². The maximum Gasteiger partial charge on any atom is 0.167 e. The van der Waals surface area contributed by atoms with Crippen molar-refractivity contribution >= 4 is 22.2 Å². The molecule has 1 heterocycles. The largest absolute Gasteiger partial charge is 0.355 e. The number of carbonyl (C=O) groups excluding carboxylic acids is 1. The van der Waals surface area contributed by atoms with Gasteiger partial charge in [-0.3, -0.25) is 9.69 Å². The zero-order chi connectivity index (χ0) is 11.5. The van der Waals surface area contributed by atoms with Crippen LogP contribution in [0.4, 0.5) is 4.39 Å². The molecular formula is C11H11BrFNO2. The molecule has 1 aliphatic rings. The second-order valence-electron chi connectivity index (χ2n) is 3.60. The van der Waals surface area contributed by atoms with E-state index in [4.69, 9.17) is 4.74 Å². The molecule has 1 aromatic rings. The number of rotatable bonds is 3. The third-order valence-electron chi connectivity index (χ3n) is 2.53. The van der Waals surface area contributed by atoms with E-state index in [9.17, 15) is 9.18 Å². The van der Waals surface area contributed by atoms with Crippen LogP contribution in [0.3, 0.4) is 0 Å². The van der Waals surface area contributed by atoms with Crippen molar-refractivity contribution < 1.29 is 13.9 Å². The van der Waals surface area contributed by atoms with Crippen molar-refractivity contribution in [1.29, 1.82) is 0 Å². The van der Waals surface area contributed by atoms with Gasteiger partial charge < -0.3 is 4.74 Å². The Balaban J connectivity index is 2.11. The Morgan fingerprint density at radius 1 is 1.62 bits per heavy atom. The highest BCUT2D eigenvalue weighted by Gasteiger charge is 2.25. The van der Waals surface area contributed by atoms with Crippen molar-refractivity contribution in [3.05, 3.63) is 34.1 Å². The first kappa shape index (κ1) is 11.7. The second kappa shape index (κ2) is 5.03. The lowest BCUT2D eigenvalue weighted by molar-refractivity contribution is -0.121. The van der Waals surface area contributed by atoms with Crippen LogP contribution >= 0.6 is 15.9 Å². The summed E-state index contributed by atoms with van der Waals surface area (Å²) in [6.45, 7) is 1.56. The SMILES string of the molecule is O=CC1OCCN1Cc1ccc(Br)cc1F. The molecule has 1 fully saturated rings. The third-order valence-corrected chi connectivity index (χ3v) is 3.03. The zero-order valence-corrected chi connectivity index (χ0v) is 10.1. The summed E-state index contributed by atoms with van der Waals surface area (Å²) in [7, 11) is 0. The number of benzene rings is 1. The molecular weight excluding hydrogens is 277 g/mol. The van der Waals surface area contributed by atoms with Gasteiger partial charge in [0.15, 0.2) is 12.5 Å². The highest BCUT2D eigenvalue weighted by molar-refractivity contribution is 9.10. The molecule has 0 aliphatic carbocycles. The maximum absolute atomic E-state index is 13.5. The lowest BCUT2D eigenvalue weighted by Gasteiger charge is -2.18. The van der Waals surface area contributed by atoms with E-state index in [1.807, 2.05) is 0 Å². The number of nitrogens with zero attached hydrogens (tertiary/aromatic N) is 1. The van der Waals surface area contributed by atoms with Gasteiger partial charge >= 0.3 is 0 Å². The van der Waals surface area contributed by atoms with Crippen LogP contribution in [0.5, 0.6) is 0 Å². The van der Waals surface area contributed by atoms with E-state index < -0.39 is 6.23 Å². The normalized spacial score (nSPS) is 21.2. The summed E-state index contributed by atoms with van der Waals surface area (Å²) in [5.41, 5.74) is 0.570. The second-order valence-corrected chi connectivity index (χ2v) is 4.52. The minimum Gasteiger partial charge on any atom is -0.355 e. The Labute approximate surface area is 101 Å². The average Bonchev–Trinajstić information content (AvgIpc) is 2.69. The van der Waals surface area contributed by atoms with Gasteiger partial charge in [-0.15, -0.1) is 0 Å². The van der Waals surface area contributed by atoms with Crippen molar-refractivity contribution in [3.8, 4) is 0 Å². The van der Waals surface area contributed by atoms with Crippen LogP contribution < -0.4 is 0 Å². The number of hydrogen-bond acceptors (Lipinski definition) is 3. The highest BCUT2D eigenvalue weighted by Crippen LogP contribution is 2.19. The van der Waals surface area contributed by atoms with Crippen molar-refractivity contribution in [1.82, 2.24) is 4.90 Å². The molecule has 0 radical (unpaired) electrons. The topological polar surface area (TPSA) is 29.5 Å². The molecule has 1 saturated heterocycles. The van der Waals surface area contributed by atoms with Crippen molar-refractivity contribution in [2.45, 2.75) is 12.8 Å². The van der Waals surface area contributed by atoms with Gasteiger partial charge in [-0.25, -0.2) is 4.39 Å². The van der Waals surface area contributed by atoms with E-state index in [-0.39, 0.29) is 5.82 Å². The number of halogens is 2. The first-order valence-electron chi connectivity index (χ1n) is 4.95. The van der Waals surface area contributed by atoms with E-state index in [0.29, 0.717) is 29.7 Å². The minimum atomic E-state index is -0.539. The monoisotopic (exact) mass is 287 g/mol. The number of ether oxygens (including phenoxy) is 1. The van der Waals surface area contributed by atoms with Crippen LogP contribution in [-0.4, -0.2) is 30.6 Å². The van der Waals surface area contributed by atoms with Gasteiger partial charge in [-0.1, -0.05) is 22.0 Å². The lowest BCUT2D eigenvalue weighted by atomic mass is 10.2. The molecule has 86 valence electrons.